The number of sulfonamides is 1. The van der Waals surface area contributed by atoms with Crippen LogP contribution in [0.25, 0.3) is 0 Å². The maximum atomic E-state index is 11.4. The molecule has 0 amide bonds. The van der Waals surface area contributed by atoms with Gasteiger partial charge in [0, 0.05) is 10.5 Å². The molecule has 1 aromatic carbocycles. The summed E-state index contributed by atoms with van der Waals surface area (Å²) in [4.78, 5) is 0.167. The van der Waals surface area contributed by atoms with Crippen LogP contribution in [-0.4, -0.2) is 14.5 Å². The maximum Gasteiger partial charge on any atom is 0.240 e. The molecule has 4 nitrogen and oxygen atoms in total. The number of primary sulfonamides is 1. The van der Waals surface area contributed by atoms with Crippen molar-refractivity contribution >= 4 is 31.6 Å². The molecule has 0 unspecified atom stereocenters. The summed E-state index contributed by atoms with van der Waals surface area (Å²) in [5.74, 6) is 0. The molecule has 3 N–H and O–H groups in total. The van der Waals surface area contributed by atoms with Gasteiger partial charge in [-0.3, -0.25) is 0 Å². The first-order valence-corrected chi connectivity index (χ1v) is 7.31. The summed E-state index contributed by atoms with van der Waals surface area (Å²) in [6.45, 7) is 1.83. The van der Waals surface area contributed by atoms with Crippen LogP contribution in [-0.2, 0) is 10.0 Å². The molecule has 16 heavy (non-hydrogen) atoms. The predicted molar refractivity (Wildman–Crippen MR) is 66.9 cm³/mol. The first-order valence-electron chi connectivity index (χ1n) is 4.97. The van der Waals surface area contributed by atoms with Crippen LogP contribution in [0.2, 0.25) is 0 Å². The van der Waals surface area contributed by atoms with Crippen molar-refractivity contribution in [3.05, 3.63) is 22.2 Å². The van der Waals surface area contributed by atoms with Crippen molar-refractivity contribution in [2.75, 3.05) is 5.32 Å². The number of anilines is 1. The molecule has 0 heterocycles. The molecule has 0 radical (unpaired) electrons. The Hall–Kier alpha value is -0.590. The predicted octanol–water partition coefficient (Wildman–Crippen LogP) is 1.98. The Morgan fingerprint density at radius 3 is 2.56 bits per heavy atom. The monoisotopic (exact) mass is 304 g/mol. The van der Waals surface area contributed by atoms with E-state index in [1.54, 1.807) is 12.1 Å². The summed E-state index contributed by atoms with van der Waals surface area (Å²) in [6.07, 6.45) is 2.16. The number of aryl methyl sites for hydroxylation is 1. The van der Waals surface area contributed by atoms with Gasteiger partial charge in [0.2, 0.25) is 10.0 Å². The molecule has 0 saturated heterocycles. The molecule has 0 aliphatic heterocycles. The molecule has 1 fully saturated rings. The molecule has 1 saturated carbocycles. The van der Waals surface area contributed by atoms with E-state index in [1.165, 1.54) is 0 Å². The highest BCUT2D eigenvalue weighted by Gasteiger charge is 2.24. The van der Waals surface area contributed by atoms with Crippen LogP contribution in [0.5, 0.6) is 0 Å². The highest BCUT2D eigenvalue weighted by Crippen LogP contribution is 2.32. The van der Waals surface area contributed by atoms with Crippen molar-refractivity contribution in [3.63, 3.8) is 0 Å². The molecule has 0 aromatic heterocycles. The Morgan fingerprint density at radius 1 is 1.44 bits per heavy atom. The van der Waals surface area contributed by atoms with E-state index < -0.39 is 10.0 Å². The molecule has 0 spiro atoms. The van der Waals surface area contributed by atoms with Crippen LogP contribution in [0, 0.1) is 6.92 Å². The molecule has 6 heteroatoms. The Morgan fingerprint density at radius 2 is 2.06 bits per heavy atom. The molecule has 1 aliphatic rings. The van der Waals surface area contributed by atoms with Gasteiger partial charge in [0.1, 0.15) is 4.90 Å². The standard InChI is InChI=1S/C10H13BrN2O2S/c1-6-4-10(16(12,14)15)9(5-8(6)11)13-7-2-3-7/h4-5,7,13H,2-3H2,1H3,(H2,12,14,15). The Balaban J connectivity index is 2.50. The maximum absolute atomic E-state index is 11.4. The van der Waals surface area contributed by atoms with Gasteiger partial charge in [-0.05, 0) is 37.5 Å². The average molecular weight is 305 g/mol. The molecule has 88 valence electrons. The quantitative estimate of drug-likeness (QED) is 0.897. The normalized spacial score (nSPS) is 16.2. The molecule has 0 bridgehead atoms. The minimum Gasteiger partial charge on any atom is -0.381 e. The zero-order valence-electron chi connectivity index (χ0n) is 8.83. The first kappa shape index (κ1) is 11.9. The molecule has 1 aliphatic carbocycles. The Labute approximate surface area is 103 Å². The van der Waals surface area contributed by atoms with Crippen LogP contribution in [0.1, 0.15) is 18.4 Å². The lowest BCUT2D eigenvalue weighted by atomic mass is 10.2. The van der Waals surface area contributed by atoms with E-state index in [-0.39, 0.29) is 4.90 Å². The largest absolute Gasteiger partial charge is 0.381 e. The zero-order valence-corrected chi connectivity index (χ0v) is 11.2. The van der Waals surface area contributed by atoms with Crippen molar-refractivity contribution in [3.8, 4) is 0 Å². The van der Waals surface area contributed by atoms with Gasteiger partial charge in [-0.25, -0.2) is 13.6 Å². The molecular formula is C10H13BrN2O2S. The van der Waals surface area contributed by atoms with Crippen molar-refractivity contribution in [2.24, 2.45) is 5.14 Å². The fourth-order valence-electron chi connectivity index (χ4n) is 1.45. The summed E-state index contributed by atoms with van der Waals surface area (Å²) in [7, 11) is -3.67. The number of hydrogen-bond acceptors (Lipinski definition) is 3. The van der Waals surface area contributed by atoms with Gasteiger partial charge in [0.15, 0.2) is 0 Å². The van der Waals surface area contributed by atoms with Crippen molar-refractivity contribution in [1.82, 2.24) is 0 Å². The highest BCUT2D eigenvalue weighted by molar-refractivity contribution is 9.10. The molecule has 0 atom stereocenters. The fourth-order valence-corrected chi connectivity index (χ4v) is 2.56. The third kappa shape index (κ3) is 2.56. The molecular weight excluding hydrogens is 292 g/mol. The minimum absolute atomic E-state index is 0.167. The van der Waals surface area contributed by atoms with Gasteiger partial charge in [-0.2, -0.15) is 0 Å². The third-order valence-electron chi connectivity index (χ3n) is 2.50. The van der Waals surface area contributed by atoms with E-state index in [2.05, 4.69) is 21.2 Å². The zero-order chi connectivity index (χ0) is 11.9. The molecule has 2 rings (SSSR count). The van der Waals surface area contributed by atoms with Gasteiger partial charge >= 0.3 is 0 Å². The van der Waals surface area contributed by atoms with Crippen LogP contribution < -0.4 is 10.5 Å². The van der Waals surface area contributed by atoms with E-state index in [1.807, 2.05) is 6.92 Å². The van der Waals surface area contributed by atoms with Crippen molar-refractivity contribution in [1.29, 1.82) is 0 Å². The highest BCUT2D eigenvalue weighted by atomic mass is 79.9. The van der Waals surface area contributed by atoms with Crippen LogP contribution in [0.15, 0.2) is 21.5 Å². The number of hydrogen-bond donors (Lipinski definition) is 2. The lowest BCUT2D eigenvalue weighted by Crippen LogP contribution is -2.16. The van der Waals surface area contributed by atoms with Gasteiger partial charge in [0.05, 0.1) is 5.69 Å². The molecule has 1 aromatic rings. The third-order valence-corrected chi connectivity index (χ3v) is 4.31. The van der Waals surface area contributed by atoms with Gasteiger partial charge in [-0.1, -0.05) is 15.9 Å². The smallest absolute Gasteiger partial charge is 0.240 e. The van der Waals surface area contributed by atoms with Gasteiger partial charge < -0.3 is 5.32 Å². The second-order valence-corrected chi connectivity index (χ2v) is 6.45. The first-order chi connectivity index (χ1) is 7.38. The SMILES string of the molecule is Cc1cc(S(N)(=O)=O)c(NC2CC2)cc1Br. The van der Waals surface area contributed by atoms with Gasteiger partial charge in [0.25, 0.3) is 0 Å². The second-order valence-electron chi connectivity index (χ2n) is 4.06. The lowest BCUT2D eigenvalue weighted by molar-refractivity contribution is 0.598. The van der Waals surface area contributed by atoms with Crippen LogP contribution in [0.4, 0.5) is 5.69 Å². The summed E-state index contributed by atoms with van der Waals surface area (Å²) in [5, 5.41) is 8.36. The summed E-state index contributed by atoms with van der Waals surface area (Å²) >= 11 is 3.38. The van der Waals surface area contributed by atoms with Gasteiger partial charge in [-0.15, -0.1) is 0 Å². The van der Waals surface area contributed by atoms with Crippen LogP contribution >= 0.6 is 15.9 Å². The van der Waals surface area contributed by atoms with E-state index >= 15 is 0 Å². The topological polar surface area (TPSA) is 72.2 Å². The van der Waals surface area contributed by atoms with E-state index in [0.717, 1.165) is 22.9 Å². The van der Waals surface area contributed by atoms with E-state index in [9.17, 15) is 8.42 Å². The minimum atomic E-state index is -3.67. The summed E-state index contributed by atoms with van der Waals surface area (Å²) < 4.78 is 23.8. The summed E-state index contributed by atoms with van der Waals surface area (Å²) in [6, 6.07) is 3.74. The number of rotatable bonds is 3. The average Bonchev–Trinajstić information content (AvgIpc) is 2.93. The van der Waals surface area contributed by atoms with Crippen LogP contribution in [0.3, 0.4) is 0 Å². The van der Waals surface area contributed by atoms with E-state index in [0.29, 0.717) is 11.7 Å². The number of nitrogens with two attached hydrogens (primary N) is 1. The Kier molecular flexibility index (Phi) is 2.98. The number of benzene rings is 1. The fraction of sp³-hybridized carbons (Fsp3) is 0.400. The van der Waals surface area contributed by atoms with Crippen molar-refractivity contribution < 1.29 is 8.42 Å². The lowest BCUT2D eigenvalue weighted by Gasteiger charge is -2.12. The number of nitrogens with one attached hydrogen (secondary N) is 1. The van der Waals surface area contributed by atoms with E-state index in [4.69, 9.17) is 5.14 Å². The summed E-state index contributed by atoms with van der Waals surface area (Å²) in [5.41, 5.74) is 1.44. The van der Waals surface area contributed by atoms with Crippen molar-refractivity contribution in [2.45, 2.75) is 30.7 Å². The number of halogens is 1. The second kappa shape index (κ2) is 4.01. The Bertz CT molecular complexity index is 524.